The van der Waals surface area contributed by atoms with Gasteiger partial charge < -0.3 is 4.74 Å². The molecule has 2 aromatic rings. The van der Waals surface area contributed by atoms with Crippen molar-refractivity contribution in [2.45, 2.75) is 32.8 Å². The van der Waals surface area contributed by atoms with Gasteiger partial charge in [0.2, 0.25) is 5.91 Å². The Labute approximate surface area is 157 Å². The van der Waals surface area contributed by atoms with Crippen LogP contribution < -0.4 is 0 Å². The van der Waals surface area contributed by atoms with Gasteiger partial charge >= 0.3 is 5.97 Å². The van der Waals surface area contributed by atoms with Crippen LogP contribution in [0.4, 0.5) is 0 Å². The summed E-state index contributed by atoms with van der Waals surface area (Å²) in [5, 5.41) is 0.538. The number of benzene rings is 2. The number of hydrogen-bond acceptors (Lipinski definition) is 3. The summed E-state index contributed by atoms with van der Waals surface area (Å²) >= 11 is 6.31. The van der Waals surface area contributed by atoms with Crippen LogP contribution in [0.25, 0.3) is 0 Å². The maximum atomic E-state index is 12.8. The summed E-state index contributed by atoms with van der Waals surface area (Å²) in [7, 11) is 0. The number of halogens is 1. The predicted molar refractivity (Wildman–Crippen MR) is 101 cm³/mol. The third-order valence-corrected chi connectivity index (χ3v) is 4.95. The van der Waals surface area contributed by atoms with Crippen molar-refractivity contribution in [2.75, 3.05) is 0 Å². The molecule has 26 heavy (non-hydrogen) atoms. The van der Waals surface area contributed by atoms with Gasteiger partial charge in [0.1, 0.15) is 12.5 Å². The molecule has 0 saturated heterocycles. The van der Waals surface area contributed by atoms with E-state index < -0.39 is 5.92 Å². The number of nitrogens with zero attached hydrogens (tertiary/aromatic N) is 1. The quantitative estimate of drug-likeness (QED) is 0.746. The lowest BCUT2D eigenvalue weighted by atomic mass is 9.79. The van der Waals surface area contributed by atoms with Crippen LogP contribution in [0.3, 0.4) is 0 Å². The van der Waals surface area contributed by atoms with E-state index in [0.717, 1.165) is 16.7 Å². The van der Waals surface area contributed by atoms with Gasteiger partial charge in [-0.05, 0) is 31.0 Å². The Morgan fingerprint density at radius 1 is 1.15 bits per heavy atom. The van der Waals surface area contributed by atoms with Crippen molar-refractivity contribution in [3.05, 3.63) is 70.2 Å². The largest absolute Gasteiger partial charge is 0.460 e. The lowest BCUT2D eigenvalue weighted by Crippen LogP contribution is -2.35. The second-order valence-electron chi connectivity index (χ2n) is 6.55. The zero-order valence-corrected chi connectivity index (χ0v) is 15.5. The molecule has 3 rings (SSSR count). The smallest absolute Gasteiger partial charge is 0.315 e. The number of aliphatic imine (C=N–C) groups is 1. The molecule has 0 spiro atoms. The number of hydrogen-bond donors (Lipinski definition) is 0. The van der Waals surface area contributed by atoms with Crippen molar-refractivity contribution in [1.82, 2.24) is 0 Å². The number of esters is 1. The van der Waals surface area contributed by atoms with Crippen LogP contribution in [0.5, 0.6) is 0 Å². The summed E-state index contributed by atoms with van der Waals surface area (Å²) in [5.41, 5.74) is 3.31. The number of amides is 1. The van der Waals surface area contributed by atoms with E-state index in [-0.39, 0.29) is 30.8 Å². The van der Waals surface area contributed by atoms with Crippen LogP contribution >= 0.6 is 11.6 Å². The molecule has 0 saturated carbocycles. The molecule has 134 valence electrons. The molecule has 1 aliphatic heterocycles. The monoisotopic (exact) mass is 369 g/mol. The van der Waals surface area contributed by atoms with E-state index in [2.05, 4.69) is 4.99 Å². The zero-order chi connectivity index (χ0) is 18.7. The lowest BCUT2D eigenvalue weighted by molar-refractivity contribution is -0.148. The summed E-state index contributed by atoms with van der Waals surface area (Å²) in [4.78, 5) is 28.7. The van der Waals surface area contributed by atoms with E-state index in [0.29, 0.717) is 10.7 Å². The highest BCUT2D eigenvalue weighted by Gasteiger charge is 2.39. The van der Waals surface area contributed by atoms with Gasteiger partial charge in [0, 0.05) is 23.1 Å². The Bertz CT molecular complexity index is 858. The molecule has 4 nitrogen and oxygen atoms in total. The molecule has 0 fully saturated rings. The highest BCUT2D eigenvalue weighted by atomic mass is 35.5. The fourth-order valence-electron chi connectivity index (χ4n) is 3.24. The molecule has 2 unspecified atom stereocenters. The van der Waals surface area contributed by atoms with Crippen molar-refractivity contribution in [2.24, 2.45) is 10.9 Å². The normalized spacial score (nSPS) is 19.8. The SMILES string of the molecule is CC1=NC(=O)CC(c2ccccc2Cl)C1C(=O)OCc1ccc(C)cc1. The van der Waals surface area contributed by atoms with Crippen LogP contribution in [-0.2, 0) is 20.9 Å². The molecule has 0 bridgehead atoms. The van der Waals surface area contributed by atoms with Crippen molar-refractivity contribution >= 4 is 29.2 Å². The second kappa shape index (κ2) is 7.83. The van der Waals surface area contributed by atoms with Crippen LogP contribution in [0.1, 0.15) is 36.0 Å². The summed E-state index contributed by atoms with van der Waals surface area (Å²) in [5.74, 6) is -1.60. The summed E-state index contributed by atoms with van der Waals surface area (Å²) < 4.78 is 5.53. The van der Waals surface area contributed by atoms with Gasteiger partial charge in [0.05, 0.1) is 0 Å². The zero-order valence-electron chi connectivity index (χ0n) is 14.7. The number of carbonyl (C=O) groups is 2. The fourth-order valence-corrected chi connectivity index (χ4v) is 3.51. The van der Waals surface area contributed by atoms with Crippen molar-refractivity contribution in [1.29, 1.82) is 0 Å². The number of carbonyl (C=O) groups excluding carboxylic acids is 2. The number of rotatable bonds is 4. The van der Waals surface area contributed by atoms with E-state index in [1.165, 1.54) is 0 Å². The first-order chi connectivity index (χ1) is 12.5. The molecule has 1 heterocycles. The molecule has 1 aliphatic rings. The van der Waals surface area contributed by atoms with Gasteiger partial charge in [-0.1, -0.05) is 59.6 Å². The molecular weight excluding hydrogens is 350 g/mol. The average molecular weight is 370 g/mol. The van der Waals surface area contributed by atoms with E-state index >= 15 is 0 Å². The molecule has 2 aromatic carbocycles. The first-order valence-corrected chi connectivity index (χ1v) is 8.88. The molecule has 5 heteroatoms. The Morgan fingerprint density at radius 2 is 1.85 bits per heavy atom. The lowest BCUT2D eigenvalue weighted by Gasteiger charge is -2.29. The second-order valence-corrected chi connectivity index (χ2v) is 6.96. The van der Waals surface area contributed by atoms with E-state index in [9.17, 15) is 9.59 Å². The Kier molecular flexibility index (Phi) is 5.52. The van der Waals surface area contributed by atoms with Gasteiger partial charge in [-0.15, -0.1) is 0 Å². The molecule has 0 N–H and O–H groups in total. The van der Waals surface area contributed by atoms with Crippen LogP contribution in [0, 0.1) is 12.8 Å². The van der Waals surface area contributed by atoms with Crippen LogP contribution in [0.15, 0.2) is 53.5 Å². The van der Waals surface area contributed by atoms with Crippen molar-refractivity contribution in [3.63, 3.8) is 0 Å². The first-order valence-electron chi connectivity index (χ1n) is 8.50. The summed E-state index contributed by atoms with van der Waals surface area (Å²) in [6.07, 6.45) is 0.144. The van der Waals surface area contributed by atoms with Gasteiger partial charge in [-0.3, -0.25) is 9.59 Å². The minimum absolute atomic E-state index is 0.144. The molecule has 2 atom stereocenters. The highest BCUT2D eigenvalue weighted by molar-refractivity contribution is 6.31. The summed E-state index contributed by atoms with van der Waals surface area (Å²) in [6.45, 7) is 3.88. The number of aryl methyl sites for hydroxylation is 1. The Balaban J connectivity index is 1.82. The first kappa shape index (κ1) is 18.3. The third-order valence-electron chi connectivity index (χ3n) is 4.61. The van der Waals surface area contributed by atoms with Gasteiger partial charge in [-0.2, -0.15) is 0 Å². The van der Waals surface area contributed by atoms with E-state index in [1.807, 2.05) is 49.4 Å². The molecule has 1 amide bonds. The molecule has 0 aliphatic carbocycles. The Morgan fingerprint density at radius 3 is 2.54 bits per heavy atom. The molecular formula is C21H20ClNO3. The van der Waals surface area contributed by atoms with Gasteiger partial charge in [0.25, 0.3) is 0 Å². The van der Waals surface area contributed by atoms with Crippen LogP contribution in [0.2, 0.25) is 5.02 Å². The summed E-state index contributed by atoms with van der Waals surface area (Å²) in [6, 6.07) is 15.1. The Hall–Kier alpha value is -2.46. The topological polar surface area (TPSA) is 55.7 Å². The van der Waals surface area contributed by atoms with Crippen molar-refractivity contribution < 1.29 is 14.3 Å². The minimum atomic E-state index is -0.613. The molecule has 0 aromatic heterocycles. The fraction of sp³-hybridized carbons (Fsp3) is 0.286. The van der Waals surface area contributed by atoms with Gasteiger partial charge in [0.15, 0.2) is 0 Å². The van der Waals surface area contributed by atoms with Crippen LogP contribution in [-0.4, -0.2) is 17.6 Å². The predicted octanol–water partition coefficient (Wildman–Crippen LogP) is 4.48. The standard InChI is InChI=1S/C21H20ClNO3/c1-13-7-9-15(10-8-13)12-26-21(25)20-14(2)23-19(24)11-17(20)16-5-3-4-6-18(16)22/h3-10,17,20H,11-12H2,1-2H3. The average Bonchev–Trinajstić information content (AvgIpc) is 2.61. The molecule has 0 radical (unpaired) electrons. The number of ether oxygens (including phenoxy) is 1. The minimum Gasteiger partial charge on any atom is -0.460 e. The van der Waals surface area contributed by atoms with Gasteiger partial charge in [-0.25, -0.2) is 4.99 Å². The van der Waals surface area contributed by atoms with Crippen molar-refractivity contribution in [3.8, 4) is 0 Å². The van der Waals surface area contributed by atoms with E-state index in [1.54, 1.807) is 13.0 Å². The van der Waals surface area contributed by atoms with E-state index in [4.69, 9.17) is 16.3 Å². The maximum Gasteiger partial charge on any atom is 0.315 e. The highest BCUT2D eigenvalue weighted by Crippen LogP contribution is 2.37. The maximum absolute atomic E-state index is 12.8. The third kappa shape index (κ3) is 4.02.